The molecule has 0 atom stereocenters. The number of aromatic nitrogens is 2. The van der Waals surface area contributed by atoms with Crippen LogP contribution in [-0.4, -0.2) is 39.8 Å². The third kappa shape index (κ3) is 2.67. The molecule has 1 fully saturated rings. The molecule has 0 bridgehead atoms. The summed E-state index contributed by atoms with van der Waals surface area (Å²) in [6, 6.07) is 5.33. The average Bonchev–Trinajstić information content (AvgIpc) is 3.35. The van der Waals surface area contributed by atoms with Crippen molar-refractivity contribution < 1.29 is 19.4 Å². The molecule has 7 heteroatoms. The smallest absolute Gasteiger partial charge is 0.265 e. The van der Waals surface area contributed by atoms with Crippen molar-refractivity contribution in [3.63, 3.8) is 0 Å². The zero-order chi connectivity index (χ0) is 16.7. The number of carbonyl (C=O) groups is 2. The summed E-state index contributed by atoms with van der Waals surface area (Å²) in [5.41, 5.74) is 1.83. The molecule has 1 aromatic heterocycles. The van der Waals surface area contributed by atoms with Gasteiger partial charge in [0.2, 0.25) is 0 Å². The number of aliphatic hydroxyl groups excluding tert-OH is 1. The van der Waals surface area contributed by atoms with Crippen molar-refractivity contribution in [2.45, 2.75) is 25.4 Å². The minimum Gasteiger partial charge on any atom is -0.482 e. The van der Waals surface area contributed by atoms with Gasteiger partial charge < -0.3 is 14.7 Å². The summed E-state index contributed by atoms with van der Waals surface area (Å²) >= 11 is 0. The van der Waals surface area contributed by atoms with Crippen molar-refractivity contribution in [3.8, 4) is 5.75 Å². The van der Waals surface area contributed by atoms with Gasteiger partial charge in [-0.25, -0.2) is 0 Å². The third-order valence-corrected chi connectivity index (χ3v) is 4.28. The van der Waals surface area contributed by atoms with Crippen LogP contribution in [0.2, 0.25) is 0 Å². The fraction of sp³-hybridized carbons (Fsp3) is 0.353. The highest BCUT2D eigenvalue weighted by Crippen LogP contribution is 2.36. The summed E-state index contributed by atoms with van der Waals surface area (Å²) in [6.07, 6.45) is 6.02. The van der Waals surface area contributed by atoms with Gasteiger partial charge in [-0.05, 0) is 31.0 Å². The van der Waals surface area contributed by atoms with Gasteiger partial charge in [-0.15, -0.1) is 0 Å². The van der Waals surface area contributed by atoms with E-state index in [1.54, 1.807) is 29.3 Å². The van der Waals surface area contributed by atoms with Crippen molar-refractivity contribution in [3.05, 3.63) is 41.7 Å². The van der Waals surface area contributed by atoms with Crippen LogP contribution in [0, 0.1) is 0 Å². The molecular weight excluding hydrogens is 310 g/mol. The number of hydrogen-bond donors (Lipinski definition) is 1. The van der Waals surface area contributed by atoms with E-state index in [0.717, 1.165) is 18.4 Å². The van der Waals surface area contributed by atoms with E-state index in [9.17, 15) is 9.59 Å². The van der Waals surface area contributed by atoms with Crippen LogP contribution in [0.1, 0.15) is 34.8 Å². The van der Waals surface area contributed by atoms with Crippen molar-refractivity contribution >= 4 is 17.4 Å². The predicted octanol–water partition coefficient (Wildman–Crippen LogP) is 1.32. The molecule has 1 saturated carbocycles. The Morgan fingerprint density at radius 3 is 2.96 bits per heavy atom. The lowest BCUT2D eigenvalue weighted by atomic mass is 10.1. The molecule has 4 rings (SSSR count). The molecule has 2 heterocycles. The van der Waals surface area contributed by atoms with E-state index in [1.165, 1.54) is 0 Å². The molecule has 1 aromatic carbocycles. The van der Waals surface area contributed by atoms with Gasteiger partial charge in [0, 0.05) is 17.3 Å². The number of amides is 1. The van der Waals surface area contributed by atoms with E-state index < -0.39 is 12.4 Å². The van der Waals surface area contributed by atoms with Crippen molar-refractivity contribution in [2.24, 2.45) is 0 Å². The lowest BCUT2D eigenvalue weighted by molar-refractivity contribution is -0.121. The fourth-order valence-electron chi connectivity index (χ4n) is 2.82. The maximum Gasteiger partial charge on any atom is 0.265 e. The van der Waals surface area contributed by atoms with Gasteiger partial charge in [0.1, 0.15) is 12.4 Å². The highest BCUT2D eigenvalue weighted by Gasteiger charge is 2.28. The van der Waals surface area contributed by atoms with Crippen LogP contribution >= 0.6 is 0 Å². The second-order valence-electron chi connectivity index (χ2n) is 6.09. The van der Waals surface area contributed by atoms with Gasteiger partial charge in [0.15, 0.2) is 12.4 Å². The van der Waals surface area contributed by atoms with Crippen LogP contribution in [0.5, 0.6) is 5.75 Å². The summed E-state index contributed by atoms with van der Waals surface area (Å²) in [6.45, 7) is -0.225. The molecular formula is C17H17N3O4. The molecule has 1 N–H and O–H groups in total. The third-order valence-electron chi connectivity index (χ3n) is 4.28. The van der Waals surface area contributed by atoms with E-state index in [-0.39, 0.29) is 12.5 Å². The SMILES string of the molecule is O=C(CO)c1ccc2c(c1)N(Cc1cnn(C3CC3)c1)C(=O)CO2. The van der Waals surface area contributed by atoms with Gasteiger partial charge >= 0.3 is 0 Å². The maximum absolute atomic E-state index is 12.3. The average molecular weight is 327 g/mol. The number of aliphatic hydroxyl groups is 1. The summed E-state index contributed by atoms with van der Waals surface area (Å²) in [5, 5.41) is 13.4. The second-order valence-corrected chi connectivity index (χ2v) is 6.09. The monoisotopic (exact) mass is 327 g/mol. The number of fused-ring (bicyclic) bond motifs is 1. The minimum atomic E-state index is -0.568. The fourth-order valence-corrected chi connectivity index (χ4v) is 2.82. The van der Waals surface area contributed by atoms with Gasteiger partial charge in [-0.2, -0.15) is 5.10 Å². The number of anilines is 1. The summed E-state index contributed by atoms with van der Waals surface area (Å²) in [7, 11) is 0. The molecule has 24 heavy (non-hydrogen) atoms. The first-order valence-corrected chi connectivity index (χ1v) is 7.90. The van der Waals surface area contributed by atoms with Gasteiger partial charge in [0.05, 0.1) is 24.5 Å². The molecule has 0 radical (unpaired) electrons. The molecule has 1 amide bonds. The van der Waals surface area contributed by atoms with Crippen LogP contribution < -0.4 is 9.64 Å². The highest BCUT2D eigenvalue weighted by atomic mass is 16.5. The number of benzene rings is 1. The van der Waals surface area contributed by atoms with E-state index in [1.807, 2.05) is 10.9 Å². The molecule has 1 aliphatic carbocycles. The van der Waals surface area contributed by atoms with Crippen molar-refractivity contribution in [1.82, 2.24) is 9.78 Å². The summed E-state index contributed by atoms with van der Waals surface area (Å²) in [4.78, 5) is 25.6. The van der Waals surface area contributed by atoms with Crippen LogP contribution in [0.3, 0.4) is 0 Å². The number of ketones is 1. The highest BCUT2D eigenvalue weighted by molar-refractivity contribution is 6.02. The Kier molecular flexibility index (Phi) is 3.57. The van der Waals surface area contributed by atoms with E-state index in [0.29, 0.717) is 29.6 Å². The zero-order valence-corrected chi connectivity index (χ0v) is 13.0. The summed E-state index contributed by atoms with van der Waals surface area (Å²) in [5.74, 6) is -0.00808. The minimum absolute atomic E-state index is 0.0307. The van der Waals surface area contributed by atoms with E-state index in [4.69, 9.17) is 9.84 Å². The first-order chi connectivity index (χ1) is 11.7. The standard InChI is InChI=1S/C17H17N3O4/c21-9-15(22)12-1-4-16-14(5-12)19(17(23)10-24-16)7-11-6-18-20(8-11)13-2-3-13/h1,4-6,8,13,21H,2-3,7,9-10H2. The van der Waals surface area contributed by atoms with Gasteiger partial charge in [-0.1, -0.05) is 0 Å². The van der Waals surface area contributed by atoms with Crippen molar-refractivity contribution in [1.29, 1.82) is 0 Å². The maximum atomic E-state index is 12.3. The molecule has 2 aromatic rings. The zero-order valence-electron chi connectivity index (χ0n) is 13.0. The number of ether oxygens (including phenoxy) is 1. The van der Waals surface area contributed by atoms with Gasteiger partial charge in [0.25, 0.3) is 5.91 Å². The van der Waals surface area contributed by atoms with Crippen LogP contribution in [0.25, 0.3) is 0 Å². The number of hydrogen-bond acceptors (Lipinski definition) is 5. The predicted molar refractivity (Wildman–Crippen MR) is 85.0 cm³/mol. The number of nitrogens with zero attached hydrogens (tertiary/aromatic N) is 3. The van der Waals surface area contributed by atoms with Crippen LogP contribution in [-0.2, 0) is 11.3 Å². The first kappa shape index (κ1) is 14.9. The number of rotatable bonds is 5. The first-order valence-electron chi connectivity index (χ1n) is 7.90. The normalized spacial score (nSPS) is 16.7. The lowest BCUT2D eigenvalue weighted by Gasteiger charge is -2.29. The quantitative estimate of drug-likeness (QED) is 0.837. The van der Waals surface area contributed by atoms with Gasteiger partial charge in [-0.3, -0.25) is 14.3 Å². The van der Waals surface area contributed by atoms with E-state index >= 15 is 0 Å². The Morgan fingerprint density at radius 2 is 2.21 bits per heavy atom. The lowest BCUT2D eigenvalue weighted by Crippen LogP contribution is -2.38. The Balaban J connectivity index is 1.64. The molecule has 1 aliphatic heterocycles. The Morgan fingerprint density at radius 1 is 1.38 bits per heavy atom. The molecule has 2 aliphatic rings. The Hall–Kier alpha value is -2.67. The van der Waals surface area contributed by atoms with Crippen LogP contribution in [0.4, 0.5) is 5.69 Å². The molecule has 0 spiro atoms. The Bertz CT molecular complexity index is 810. The Labute approximate surface area is 138 Å². The molecule has 0 saturated heterocycles. The summed E-state index contributed by atoms with van der Waals surface area (Å²) < 4.78 is 7.38. The van der Waals surface area contributed by atoms with Crippen LogP contribution in [0.15, 0.2) is 30.6 Å². The molecule has 7 nitrogen and oxygen atoms in total. The van der Waals surface area contributed by atoms with E-state index in [2.05, 4.69) is 5.10 Å². The molecule has 124 valence electrons. The largest absolute Gasteiger partial charge is 0.482 e. The molecule has 0 unspecified atom stereocenters. The second kappa shape index (κ2) is 5.76. The number of carbonyl (C=O) groups excluding carboxylic acids is 2. The topological polar surface area (TPSA) is 84.7 Å². The number of Topliss-reactive ketones (excluding diaryl/α,β-unsaturated/α-hetero) is 1. The van der Waals surface area contributed by atoms with Crippen molar-refractivity contribution in [2.75, 3.05) is 18.1 Å².